The minimum Gasteiger partial charge on any atom is -0.325 e. The molecule has 0 spiro atoms. The molecule has 0 saturated heterocycles. The van der Waals surface area contributed by atoms with Gasteiger partial charge in [0.1, 0.15) is 0 Å². The highest BCUT2D eigenvalue weighted by molar-refractivity contribution is 6.18. The molecule has 1 heterocycles. The number of amides is 1. The van der Waals surface area contributed by atoms with E-state index in [1.54, 1.807) is 0 Å². The van der Waals surface area contributed by atoms with E-state index in [1.807, 2.05) is 26.0 Å². The molecule has 0 radical (unpaired) electrons. The topological polar surface area (TPSA) is 29.1 Å². The van der Waals surface area contributed by atoms with Gasteiger partial charge >= 0.3 is 0 Å². The van der Waals surface area contributed by atoms with Crippen LogP contribution in [-0.4, -0.2) is 11.8 Å². The zero-order chi connectivity index (χ0) is 12.8. The summed E-state index contributed by atoms with van der Waals surface area (Å²) in [6.45, 7) is 8.09. The first-order valence-electron chi connectivity index (χ1n) is 5.81. The number of carbonyl (C=O) groups is 1. The average Bonchev–Trinajstić information content (AvgIpc) is 2.50. The van der Waals surface area contributed by atoms with Gasteiger partial charge in [-0.3, -0.25) is 4.79 Å². The van der Waals surface area contributed by atoms with Gasteiger partial charge in [0.25, 0.3) is 0 Å². The van der Waals surface area contributed by atoms with Crippen LogP contribution < -0.4 is 5.32 Å². The average molecular weight is 252 g/mol. The molecule has 92 valence electrons. The van der Waals surface area contributed by atoms with E-state index in [9.17, 15) is 4.79 Å². The molecule has 0 saturated carbocycles. The fraction of sp³-hybridized carbons (Fsp3) is 0.500. The van der Waals surface area contributed by atoms with E-state index < -0.39 is 5.41 Å². The van der Waals surface area contributed by atoms with Crippen molar-refractivity contribution in [2.24, 2.45) is 0 Å². The minimum absolute atomic E-state index is 0.0633. The molecule has 0 aromatic heterocycles. The second kappa shape index (κ2) is 3.74. The summed E-state index contributed by atoms with van der Waals surface area (Å²) in [5, 5.41) is 2.94. The quantitative estimate of drug-likeness (QED) is 0.802. The van der Waals surface area contributed by atoms with E-state index in [-0.39, 0.29) is 11.3 Å². The second-order valence-corrected chi connectivity index (χ2v) is 6.12. The Balaban J connectivity index is 2.49. The number of nitrogens with one attached hydrogen (secondary N) is 1. The monoisotopic (exact) mass is 251 g/mol. The van der Waals surface area contributed by atoms with Crippen LogP contribution in [0, 0.1) is 0 Å². The highest BCUT2D eigenvalue weighted by atomic mass is 35.5. The van der Waals surface area contributed by atoms with E-state index in [0.717, 1.165) is 16.8 Å². The van der Waals surface area contributed by atoms with Crippen molar-refractivity contribution < 1.29 is 4.79 Å². The van der Waals surface area contributed by atoms with Crippen LogP contribution in [0.4, 0.5) is 5.69 Å². The summed E-state index contributed by atoms with van der Waals surface area (Å²) >= 11 is 5.98. The van der Waals surface area contributed by atoms with Crippen molar-refractivity contribution in [3.8, 4) is 0 Å². The molecule has 2 nitrogen and oxygen atoms in total. The lowest BCUT2D eigenvalue weighted by molar-refractivity contribution is -0.119. The fourth-order valence-electron chi connectivity index (χ4n) is 2.09. The molecule has 2 rings (SSSR count). The zero-order valence-electron chi connectivity index (χ0n) is 10.7. The Labute approximate surface area is 107 Å². The Morgan fingerprint density at radius 1 is 1.35 bits per heavy atom. The van der Waals surface area contributed by atoms with Crippen LogP contribution in [0.5, 0.6) is 0 Å². The molecule has 1 aliphatic rings. The number of fused-ring (bicyclic) bond motifs is 1. The van der Waals surface area contributed by atoms with Crippen molar-refractivity contribution in [2.75, 3.05) is 11.2 Å². The van der Waals surface area contributed by atoms with Gasteiger partial charge in [-0.05, 0) is 31.0 Å². The first-order valence-corrected chi connectivity index (χ1v) is 6.35. The Hall–Kier alpha value is -1.02. The van der Waals surface area contributed by atoms with Crippen LogP contribution in [-0.2, 0) is 15.6 Å². The van der Waals surface area contributed by atoms with Gasteiger partial charge in [-0.25, -0.2) is 0 Å². The molecular formula is C14H18ClNO. The van der Waals surface area contributed by atoms with Crippen molar-refractivity contribution >= 4 is 23.2 Å². The lowest BCUT2D eigenvalue weighted by Crippen LogP contribution is -2.26. The van der Waals surface area contributed by atoms with Crippen molar-refractivity contribution in [1.29, 1.82) is 0 Å². The third-order valence-corrected chi connectivity index (χ3v) is 4.29. The molecule has 1 N–H and O–H groups in total. The number of benzene rings is 1. The van der Waals surface area contributed by atoms with E-state index in [1.165, 1.54) is 0 Å². The third kappa shape index (κ3) is 1.85. The number of anilines is 1. The Morgan fingerprint density at radius 2 is 2.00 bits per heavy atom. The minimum atomic E-state index is -0.432. The smallest absolute Gasteiger partial charge is 0.234 e. The van der Waals surface area contributed by atoms with Crippen molar-refractivity contribution in [1.82, 2.24) is 0 Å². The first kappa shape index (κ1) is 12.4. The Kier molecular flexibility index (Phi) is 2.74. The largest absolute Gasteiger partial charge is 0.325 e. The maximum Gasteiger partial charge on any atom is 0.234 e. The summed E-state index contributed by atoms with van der Waals surface area (Å²) in [5.74, 6) is 0.622. The number of alkyl halides is 1. The summed E-state index contributed by atoms with van der Waals surface area (Å²) in [4.78, 5) is 11.8. The Morgan fingerprint density at radius 3 is 2.59 bits per heavy atom. The predicted molar refractivity (Wildman–Crippen MR) is 71.8 cm³/mol. The van der Waals surface area contributed by atoms with E-state index in [2.05, 4.69) is 25.2 Å². The third-order valence-electron chi connectivity index (χ3n) is 3.62. The van der Waals surface area contributed by atoms with Gasteiger partial charge in [0.15, 0.2) is 0 Å². The van der Waals surface area contributed by atoms with Crippen LogP contribution >= 0.6 is 11.6 Å². The van der Waals surface area contributed by atoms with Crippen molar-refractivity contribution in [3.05, 3.63) is 29.3 Å². The van der Waals surface area contributed by atoms with Crippen molar-refractivity contribution in [3.63, 3.8) is 0 Å². The zero-order valence-corrected chi connectivity index (χ0v) is 11.5. The highest BCUT2D eigenvalue weighted by Crippen LogP contribution is 2.39. The molecule has 0 fully saturated rings. The molecule has 0 bridgehead atoms. The summed E-state index contributed by atoms with van der Waals surface area (Å²) in [7, 11) is 0. The van der Waals surface area contributed by atoms with Crippen LogP contribution in [0.2, 0.25) is 0 Å². The molecule has 1 aromatic carbocycles. The number of hydrogen-bond donors (Lipinski definition) is 1. The summed E-state index contributed by atoms with van der Waals surface area (Å²) in [6, 6.07) is 6.16. The van der Waals surface area contributed by atoms with Gasteiger partial charge in [0, 0.05) is 17.0 Å². The SMILES string of the molecule is CC(C)(CCl)c1ccc2c(c1)NC(=O)C2(C)C. The molecule has 1 aromatic rings. The summed E-state index contributed by atoms with van der Waals surface area (Å²) < 4.78 is 0. The van der Waals surface area contributed by atoms with Gasteiger partial charge in [-0.2, -0.15) is 0 Å². The van der Waals surface area contributed by atoms with Crippen molar-refractivity contribution in [2.45, 2.75) is 38.5 Å². The van der Waals surface area contributed by atoms with E-state index >= 15 is 0 Å². The molecule has 0 atom stereocenters. The van der Waals surface area contributed by atoms with E-state index in [4.69, 9.17) is 11.6 Å². The fourth-order valence-corrected chi connectivity index (χ4v) is 2.25. The normalized spacial score (nSPS) is 17.8. The molecule has 17 heavy (non-hydrogen) atoms. The number of hydrogen-bond acceptors (Lipinski definition) is 1. The maximum atomic E-state index is 11.8. The number of halogens is 1. The number of carbonyl (C=O) groups excluding carboxylic acids is 1. The lowest BCUT2D eigenvalue weighted by atomic mass is 9.82. The maximum absolute atomic E-state index is 11.8. The first-order chi connectivity index (χ1) is 7.79. The number of rotatable bonds is 2. The van der Waals surface area contributed by atoms with E-state index in [0.29, 0.717) is 5.88 Å². The van der Waals surface area contributed by atoms with Gasteiger partial charge in [-0.15, -0.1) is 11.6 Å². The standard InChI is InChI=1S/C14H18ClNO/c1-13(2,8-15)9-5-6-10-11(7-9)16-12(17)14(10,3)4/h5-7H,8H2,1-4H3,(H,16,17). The lowest BCUT2D eigenvalue weighted by Gasteiger charge is -2.23. The van der Waals surface area contributed by atoms with Gasteiger partial charge in [-0.1, -0.05) is 26.0 Å². The molecule has 0 aliphatic carbocycles. The molecule has 1 amide bonds. The summed E-state index contributed by atoms with van der Waals surface area (Å²) in [6.07, 6.45) is 0. The highest BCUT2D eigenvalue weighted by Gasteiger charge is 2.38. The van der Waals surface area contributed by atoms with Crippen LogP contribution in [0.1, 0.15) is 38.8 Å². The Bertz CT molecular complexity index is 477. The van der Waals surface area contributed by atoms with Crippen LogP contribution in [0.3, 0.4) is 0 Å². The second-order valence-electron chi connectivity index (χ2n) is 5.86. The molecule has 3 heteroatoms. The van der Waals surface area contributed by atoms with Crippen LogP contribution in [0.15, 0.2) is 18.2 Å². The molecule has 0 unspecified atom stereocenters. The van der Waals surface area contributed by atoms with Gasteiger partial charge in [0.05, 0.1) is 5.41 Å². The molecular weight excluding hydrogens is 234 g/mol. The summed E-state index contributed by atoms with van der Waals surface area (Å²) in [5.41, 5.74) is 2.64. The predicted octanol–water partition coefficient (Wildman–Crippen LogP) is 3.43. The van der Waals surface area contributed by atoms with Crippen LogP contribution in [0.25, 0.3) is 0 Å². The molecule has 1 aliphatic heterocycles. The van der Waals surface area contributed by atoms with Gasteiger partial charge in [0.2, 0.25) is 5.91 Å². The van der Waals surface area contributed by atoms with Gasteiger partial charge < -0.3 is 5.32 Å².